The van der Waals surface area contributed by atoms with E-state index >= 15 is 0 Å². The van der Waals surface area contributed by atoms with Crippen molar-refractivity contribution >= 4 is 15.9 Å². The molecular weight excluding hydrogens is 350 g/mol. The molecule has 1 aromatic carbocycles. The van der Waals surface area contributed by atoms with Crippen LogP contribution in [0.15, 0.2) is 29.2 Å². The molecule has 3 rings (SSSR count). The monoisotopic (exact) mass is 379 g/mol. The van der Waals surface area contributed by atoms with Gasteiger partial charge in [-0.05, 0) is 49.9 Å². The molecule has 1 saturated heterocycles. The highest BCUT2D eigenvalue weighted by Crippen LogP contribution is 2.44. The molecule has 2 fully saturated rings. The van der Waals surface area contributed by atoms with Crippen LogP contribution in [0.5, 0.6) is 0 Å². The molecule has 1 aliphatic heterocycles. The third kappa shape index (κ3) is 3.40. The van der Waals surface area contributed by atoms with Gasteiger partial charge in [0.15, 0.2) is 0 Å². The first kappa shape index (κ1) is 19.3. The Morgan fingerprint density at radius 1 is 1.35 bits per heavy atom. The van der Waals surface area contributed by atoms with E-state index in [1.807, 2.05) is 13.0 Å². The first-order chi connectivity index (χ1) is 12.3. The van der Waals surface area contributed by atoms with E-state index in [1.54, 1.807) is 18.2 Å². The lowest BCUT2D eigenvalue weighted by atomic mass is 9.67. The minimum absolute atomic E-state index is 0.0977. The number of nitrogens with one attached hydrogen (secondary N) is 2. The van der Waals surface area contributed by atoms with Crippen LogP contribution in [0, 0.1) is 11.3 Å². The third-order valence-electron chi connectivity index (χ3n) is 5.97. The molecule has 1 aromatic rings. The summed E-state index contributed by atoms with van der Waals surface area (Å²) in [6.45, 7) is 3.57. The number of amides is 1. The molecule has 1 aliphatic carbocycles. The summed E-state index contributed by atoms with van der Waals surface area (Å²) in [6.07, 6.45) is 4.32. The SMILES string of the molecule is CC(NC(=O)[C@@]12CCCC[C@H]1CNC2)c1cccc(S(=O)(=O)N(C)C)c1. The zero-order valence-electron chi connectivity index (χ0n) is 15.8. The molecule has 0 aromatic heterocycles. The Bertz CT molecular complexity index is 778. The predicted octanol–water partition coefficient (Wildman–Crippen LogP) is 1.89. The second kappa shape index (κ2) is 7.29. The quantitative estimate of drug-likeness (QED) is 0.819. The van der Waals surface area contributed by atoms with E-state index in [0.29, 0.717) is 5.92 Å². The first-order valence-electron chi connectivity index (χ1n) is 9.31. The highest BCUT2D eigenvalue weighted by Gasteiger charge is 2.50. The van der Waals surface area contributed by atoms with Crippen molar-refractivity contribution in [2.75, 3.05) is 27.2 Å². The molecule has 7 heteroatoms. The maximum absolute atomic E-state index is 13.1. The minimum atomic E-state index is -3.49. The smallest absolute Gasteiger partial charge is 0.242 e. The van der Waals surface area contributed by atoms with Crippen LogP contribution < -0.4 is 10.6 Å². The van der Waals surface area contributed by atoms with Gasteiger partial charge in [0, 0.05) is 20.6 Å². The summed E-state index contributed by atoms with van der Waals surface area (Å²) in [4.78, 5) is 13.3. The molecule has 3 atom stereocenters. The number of hydrogen-bond acceptors (Lipinski definition) is 4. The van der Waals surface area contributed by atoms with E-state index in [4.69, 9.17) is 0 Å². The molecular formula is C19H29N3O3S. The first-order valence-corrected chi connectivity index (χ1v) is 10.8. The number of sulfonamides is 1. The Hall–Kier alpha value is -1.44. The molecule has 1 amide bonds. The molecule has 2 N–H and O–H groups in total. The van der Waals surface area contributed by atoms with Crippen LogP contribution in [0.1, 0.15) is 44.2 Å². The van der Waals surface area contributed by atoms with Gasteiger partial charge in [0.2, 0.25) is 15.9 Å². The summed E-state index contributed by atoms with van der Waals surface area (Å²) >= 11 is 0. The zero-order chi connectivity index (χ0) is 18.9. The number of nitrogens with zero attached hydrogens (tertiary/aromatic N) is 1. The van der Waals surface area contributed by atoms with E-state index in [-0.39, 0.29) is 22.3 Å². The average molecular weight is 380 g/mol. The third-order valence-corrected chi connectivity index (χ3v) is 7.79. The summed E-state index contributed by atoms with van der Waals surface area (Å²) in [7, 11) is -0.454. The second-order valence-electron chi connectivity index (χ2n) is 7.78. The van der Waals surface area contributed by atoms with Gasteiger partial charge in [-0.15, -0.1) is 0 Å². The van der Waals surface area contributed by atoms with Crippen LogP contribution in [-0.2, 0) is 14.8 Å². The lowest BCUT2D eigenvalue weighted by molar-refractivity contribution is -0.134. The van der Waals surface area contributed by atoms with Gasteiger partial charge < -0.3 is 10.6 Å². The molecule has 0 bridgehead atoms. The Morgan fingerprint density at radius 2 is 2.12 bits per heavy atom. The van der Waals surface area contributed by atoms with Gasteiger partial charge in [-0.3, -0.25) is 4.79 Å². The number of carbonyl (C=O) groups is 1. The maximum atomic E-state index is 13.1. The Morgan fingerprint density at radius 3 is 2.85 bits per heavy atom. The van der Waals surface area contributed by atoms with E-state index in [0.717, 1.165) is 37.9 Å². The van der Waals surface area contributed by atoms with Gasteiger partial charge in [0.05, 0.1) is 16.4 Å². The summed E-state index contributed by atoms with van der Waals surface area (Å²) in [6, 6.07) is 6.60. The lowest BCUT2D eigenvalue weighted by Gasteiger charge is -2.38. The molecule has 0 radical (unpaired) electrons. The predicted molar refractivity (Wildman–Crippen MR) is 101 cm³/mol. The fraction of sp³-hybridized carbons (Fsp3) is 0.632. The zero-order valence-corrected chi connectivity index (χ0v) is 16.6. The van der Waals surface area contributed by atoms with Gasteiger partial charge >= 0.3 is 0 Å². The summed E-state index contributed by atoms with van der Waals surface area (Å²) in [5, 5.41) is 6.54. The number of hydrogen-bond donors (Lipinski definition) is 2. The molecule has 6 nitrogen and oxygen atoms in total. The number of carbonyl (C=O) groups excluding carboxylic acids is 1. The van der Waals surface area contributed by atoms with E-state index in [1.165, 1.54) is 24.8 Å². The summed E-state index contributed by atoms with van der Waals surface area (Å²) < 4.78 is 25.9. The van der Waals surface area contributed by atoms with Crippen molar-refractivity contribution in [2.45, 2.75) is 43.5 Å². The molecule has 26 heavy (non-hydrogen) atoms. The molecule has 1 unspecified atom stereocenters. The Labute approximate surface area is 156 Å². The lowest BCUT2D eigenvalue weighted by Crippen LogP contribution is -2.48. The molecule has 144 valence electrons. The van der Waals surface area contributed by atoms with E-state index < -0.39 is 10.0 Å². The van der Waals surface area contributed by atoms with Gasteiger partial charge in [-0.25, -0.2) is 12.7 Å². The maximum Gasteiger partial charge on any atom is 0.242 e. The Balaban J connectivity index is 1.78. The fourth-order valence-corrected chi connectivity index (χ4v) is 5.23. The molecule has 0 spiro atoms. The van der Waals surface area contributed by atoms with E-state index in [2.05, 4.69) is 10.6 Å². The topological polar surface area (TPSA) is 78.5 Å². The molecule has 1 saturated carbocycles. The van der Waals surface area contributed by atoms with Crippen molar-refractivity contribution in [1.82, 2.24) is 14.9 Å². The van der Waals surface area contributed by atoms with Gasteiger partial charge in [0.25, 0.3) is 0 Å². The van der Waals surface area contributed by atoms with Crippen molar-refractivity contribution in [3.8, 4) is 0 Å². The van der Waals surface area contributed by atoms with Crippen LogP contribution in [0.3, 0.4) is 0 Å². The van der Waals surface area contributed by atoms with Crippen molar-refractivity contribution in [3.05, 3.63) is 29.8 Å². The molecule has 1 heterocycles. The van der Waals surface area contributed by atoms with Crippen LogP contribution in [0.4, 0.5) is 0 Å². The second-order valence-corrected chi connectivity index (χ2v) is 9.94. The summed E-state index contributed by atoms with van der Waals surface area (Å²) in [5.74, 6) is 0.504. The van der Waals surface area contributed by atoms with Gasteiger partial charge in [-0.2, -0.15) is 0 Å². The number of fused-ring (bicyclic) bond motifs is 1. The van der Waals surface area contributed by atoms with Crippen molar-refractivity contribution < 1.29 is 13.2 Å². The number of benzene rings is 1. The van der Waals surface area contributed by atoms with Gasteiger partial charge in [0.1, 0.15) is 0 Å². The minimum Gasteiger partial charge on any atom is -0.349 e. The van der Waals surface area contributed by atoms with Crippen molar-refractivity contribution in [1.29, 1.82) is 0 Å². The highest BCUT2D eigenvalue weighted by molar-refractivity contribution is 7.89. The fourth-order valence-electron chi connectivity index (χ4n) is 4.27. The van der Waals surface area contributed by atoms with Crippen molar-refractivity contribution in [3.63, 3.8) is 0 Å². The normalized spacial score (nSPS) is 27.2. The van der Waals surface area contributed by atoms with E-state index in [9.17, 15) is 13.2 Å². The average Bonchev–Trinajstić information content (AvgIpc) is 3.07. The number of rotatable bonds is 5. The van der Waals surface area contributed by atoms with Gasteiger partial charge in [-0.1, -0.05) is 25.0 Å². The standard InChI is InChI=1S/C19H29N3O3S/c1-14(15-7-6-9-17(11-15)26(24,25)22(2)3)21-18(23)19-10-5-4-8-16(19)12-20-13-19/h6-7,9,11,14,16,20H,4-5,8,10,12-13H2,1-3H3,(H,21,23)/t14?,16-,19+/m0/s1. The van der Waals surface area contributed by atoms with Crippen LogP contribution in [0.2, 0.25) is 0 Å². The van der Waals surface area contributed by atoms with Crippen LogP contribution in [0.25, 0.3) is 0 Å². The van der Waals surface area contributed by atoms with Crippen LogP contribution >= 0.6 is 0 Å². The van der Waals surface area contributed by atoms with Crippen molar-refractivity contribution in [2.24, 2.45) is 11.3 Å². The van der Waals surface area contributed by atoms with Crippen LogP contribution in [-0.4, -0.2) is 45.8 Å². The highest BCUT2D eigenvalue weighted by atomic mass is 32.2. The largest absolute Gasteiger partial charge is 0.349 e. The summed E-state index contributed by atoms with van der Waals surface area (Å²) in [5.41, 5.74) is 0.496. The molecule has 2 aliphatic rings. The Kier molecular flexibility index (Phi) is 5.42.